The second-order valence-corrected chi connectivity index (χ2v) is 4.54. The molecule has 0 bridgehead atoms. The Hall–Kier alpha value is -1.23. The monoisotopic (exact) mass is 303 g/mol. The predicted octanol–water partition coefficient (Wildman–Crippen LogP) is 4.68. The number of H-pyrrole nitrogens is 1. The molecule has 5 heteroatoms. The summed E-state index contributed by atoms with van der Waals surface area (Å²) in [7, 11) is 0. The fraction of sp³-hybridized carbons (Fsp3) is 0.167. The van der Waals surface area contributed by atoms with Crippen molar-refractivity contribution in [3.63, 3.8) is 0 Å². The molecule has 0 saturated heterocycles. The first kappa shape index (κ1) is 12.2. The Balaban J connectivity index is 2.65. The molecular weight excluding hydrogens is 295 g/mol. The van der Waals surface area contributed by atoms with Crippen LogP contribution < -0.4 is 0 Å². The molecule has 0 spiro atoms. The van der Waals surface area contributed by atoms with Crippen LogP contribution in [0.4, 0.5) is 13.2 Å². The highest BCUT2D eigenvalue weighted by molar-refractivity contribution is 9.10. The molecule has 0 radical (unpaired) electrons. The molecule has 0 atom stereocenters. The van der Waals surface area contributed by atoms with Crippen LogP contribution in [0.25, 0.3) is 10.9 Å². The fourth-order valence-electron chi connectivity index (χ4n) is 1.76. The zero-order chi connectivity index (χ0) is 12.6. The summed E-state index contributed by atoms with van der Waals surface area (Å²) in [6.07, 6.45) is -0.297. The summed E-state index contributed by atoms with van der Waals surface area (Å²) in [4.78, 5) is 2.85. The standard InChI is InChI=1S/C12H9BrF3N/c1-2-3-7-6-17-10-5-8(12(14,15)16)4-9(13)11(7)10/h2,4-6,17H,1,3H2. The Morgan fingerprint density at radius 1 is 1.35 bits per heavy atom. The molecule has 17 heavy (non-hydrogen) atoms. The molecule has 0 aliphatic rings. The lowest BCUT2D eigenvalue weighted by molar-refractivity contribution is -0.137. The van der Waals surface area contributed by atoms with E-state index >= 15 is 0 Å². The second-order valence-electron chi connectivity index (χ2n) is 3.69. The molecule has 0 amide bonds. The molecule has 0 fully saturated rings. The van der Waals surface area contributed by atoms with Crippen LogP contribution in [0.2, 0.25) is 0 Å². The van der Waals surface area contributed by atoms with Gasteiger partial charge in [0, 0.05) is 21.6 Å². The quantitative estimate of drug-likeness (QED) is 0.776. The molecule has 0 saturated carbocycles. The van der Waals surface area contributed by atoms with Gasteiger partial charge >= 0.3 is 6.18 Å². The third-order valence-corrected chi connectivity index (χ3v) is 3.13. The minimum Gasteiger partial charge on any atom is -0.361 e. The Kier molecular flexibility index (Phi) is 3.03. The first-order valence-corrected chi connectivity index (χ1v) is 5.70. The summed E-state index contributed by atoms with van der Waals surface area (Å²) in [5.41, 5.74) is 0.739. The number of aromatic amines is 1. The van der Waals surface area contributed by atoms with Crippen molar-refractivity contribution in [3.05, 3.63) is 46.6 Å². The molecule has 0 aliphatic carbocycles. The van der Waals surface area contributed by atoms with Gasteiger partial charge in [-0.2, -0.15) is 13.2 Å². The van der Waals surface area contributed by atoms with Crippen LogP contribution in [0.1, 0.15) is 11.1 Å². The van der Waals surface area contributed by atoms with Gasteiger partial charge in [0.1, 0.15) is 0 Å². The van der Waals surface area contributed by atoms with Crippen LogP contribution in [0.5, 0.6) is 0 Å². The van der Waals surface area contributed by atoms with Gasteiger partial charge in [-0.15, -0.1) is 6.58 Å². The fourth-order valence-corrected chi connectivity index (χ4v) is 2.48. The maximum Gasteiger partial charge on any atom is 0.416 e. The maximum absolute atomic E-state index is 12.6. The molecule has 1 heterocycles. The Morgan fingerprint density at radius 2 is 2.06 bits per heavy atom. The average Bonchev–Trinajstić information content (AvgIpc) is 2.61. The van der Waals surface area contributed by atoms with Crippen molar-refractivity contribution in [2.24, 2.45) is 0 Å². The third kappa shape index (κ3) is 2.24. The number of fused-ring (bicyclic) bond motifs is 1. The lowest BCUT2D eigenvalue weighted by atomic mass is 10.1. The Labute approximate surface area is 104 Å². The van der Waals surface area contributed by atoms with Gasteiger partial charge in [0.2, 0.25) is 0 Å². The van der Waals surface area contributed by atoms with E-state index < -0.39 is 11.7 Å². The van der Waals surface area contributed by atoms with E-state index in [1.165, 1.54) is 0 Å². The SMILES string of the molecule is C=CCc1c[nH]c2cc(C(F)(F)F)cc(Br)c12. The molecular formula is C12H9BrF3N. The van der Waals surface area contributed by atoms with E-state index in [1.54, 1.807) is 12.3 Å². The van der Waals surface area contributed by atoms with Crippen molar-refractivity contribution >= 4 is 26.8 Å². The van der Waals surface area contributed by atoms with E-state index in [0.29, 0.717) is 16.4 Å². The topological polar surface area (TPSA) is 15.8 Å². The van der Waals surface area contributed by atoms with Crippen molar-refractivity contribution in [3.8, 4) is 0 Å². The minimum atomic E-state index is -4.33. The molecule has 90 valence electrons. The van der Waals surface area contributed by atoms with Gasteiger partial charge in [-0.3, -0.25) is 0 Å². The lowest BCUT2D eigenvalue weighted by Gasteiger charge is -2.08. The van der Waals surface area contributed by atoms with Gasteiger partial charge in [0.05, 0.1) is 5.56 Å². The van der Waals surface area contributed by atoms with Crippen molar-refractivity contribution in [1.29, 1.82) is 0 Å². The number of aromatic nitrogens is 1. The number of nitrogens with one attached hydrogen (secondary N) is 1. The first-order valence-electron chi connectivity index (χ1n) is 4.91. The zero-order valence-corrected chi connectivity index (χ0v) is 10.3. The third-order valence-electron chi connectivity index (χ3n) is 2.50. The van der Waals surface area contributed by atoms with Crippen molar-refractivity contribution in [1.82, 2.24) is 4.98 Å². The van der Waals surface area contributed by atoms with Crippen LogP contribution >= 0.6 is 15.9 Å². The van der Waals surface area contributed by atoms with Gasteiger partial charge < -0.3 is 4.98 Å². The lowest BCUT2D eigenvalue weighted by Crippen LogP contribution is -2.04. The van der Waals surface area contributed by atoms with Crippen molar-refractivity contribution < 1.29 is 13.2 Å². The van der Waals surface area contributed by atoms with E-state index in [9.17, 15) is 13.2 Å². The van der Waals surface area contributed by atoms with Crippen LogP contribution in [0, 0.1) is 0 Å². The summed E-state index contributed by atoms with van der Waals surface area (Å²) < 4.78 is 38.2. The number of allylic oxidation sites excluding steroid dienone is 1. The van der Waals surface area contributed by atoms with Gasteiger partial charge in [0.25, 0.3) is 0 Å². The van der Waals surface area contributed by atoms with Gasteiger partial charge in [-0.1, -0.05) is 22.0 Å². The normalized spacial score (nSPS) is 12.0. The Bertz CT molecular complexity index is 569. The molecule has 2 aromatic rings. The molecule has 1 nitrogen and oxygen atoms in total. The van der Waals surface area contributed by atoms with E-state index in [1.807, 2.05) is 0 Å². The molecule has 1 N–H and O–H groups in total. The van der Waals surface area contributed by atoms with Gasteiger partial charge in [-0.05, 0) is 24.1 Å². The highest BCUT2D eigenvalue weighted by atomic mass is 79.9. The number of benzene rings is 1. The number of alkyl halides is 3. The number of halogens is 4. The first-order chi connectivity index (χ1) is 7.93. The number of rotatable bonds is 2. The van der Waals surface area contributed by atoms with E-state index in [4.69, 9.17) is 0 Å². The highest BCUT2D eigenvalue weighted by Crippen LogP contribution is 2.36. The van der Waals surface area contributed by atoms with Gasteiger partial charge in [0.15, 0.2) is 0 Å². The Morgan fingerprint density at radius 3 is 2.65 bits per heavy atom. The molecule has 1 aromatic heterocycles. The van der Waals surface area contributed by atoms with Crippen LogP contribution in [-0.2, 0) is 12.6 Å². The predicted molar refractivity (Wildman–Crippen MR) is 64.9 cm³/mol. The summed E-state index contributed by atoms with van der Waals surface area (Å²) in [6.45, 7) is 3.62. The maximum atomic E-state index is 12.6. The van der Waals surface area contributed by atoms with Crippen LogP contribution in [-0.4, -0.2) is 4.98 Å². The molecule has 1 aromatic carbocycles. The number of hydrogen-bond donors (Lipinski definition) is 1. The number of hydrogen-bond acceptors (Lipinski definition) is 0. The average molecular weight is 304 g/mol. The van der Waals surface area contributed by atoms with Crippen LogP contribution in [0.3, 0.4) is 0 Å². The molecule has 2 rings (SSSR count). The van der Waals surface area contributed by atoms with Crippen molar-refractivity contribution in [2.45, 2.75) is 12.6 Å². The minimum absolute atomic E-state index is 0.445. The molecule has 0 aliphatic heterocycles. The van der Waals surface area contributed by atoms with Gasteiger partial charge in [-0.25, -0.2) is 0 Å². The zero-order valence-electron chi connectivity index (χ0n) is 8.74. The van der Waals surface area contributed by atoms with E-state index in [-0.39, 0.29) is 0 Å². The summed E-state index contributed by atoms with van der Waals surface area (Å²) in [5, 5.41) is 0.776. The molecule has 0 unspecified atom stereocenters. The smallest absolute Gasteiger partial charge is 0.361 e. The summed E-state index contributed by atoms with van der Waals surface area (Å²) in [6, 6.07) is 2.22. The highest BCUT2D eigenvalue weighted by Gasteiger charge is 2.31. The largest absolute Gasteiger partial charge is 0.416 e. The van der Waals surface area contributed by atoms with E-state index in [0.717, 1.165) is 23.1 Å². The second kappa shape index (κ2) is 4.22. The summed E-state index contributed by atoms with van der Waals surface area (Å²) >= 11 is 3.19. The summed E-state index contributed by atoms with van der Waals surface area (Å²) in [5.74, 6) is 0. The van der Waals surface area contributed by atoms with E-state index in [2.05, 4.69) is 27.5 Å². The van der Waals surface area contributed by atoms with Crippen molar-refractivity contribution in [2.75, 3.05) is 0 Å². The van der Waals surface area contributed by atoms with Crippen LogP contribution in [0.15, 0.2) is 35.5 Å².